The smallest absolute Gasteiger partial charge is 0.211 e. The number of aryl methyl sites for hydroxylation is 1. The molecule has 4 rings (SSSR count). The van der Waals surface area contributed by atoms with Crippen LogP contribution in [0, 0.1) is 6.92 Å². The average Bonchev–Trinajstić information content (AvgIpc) is 3.06. The molecule has 0 aliphatic carbocycles. The summed E-state index contributed by atoms with van der Waals surface area (Å²) in [6.45, 7) is 4.63. The van der Waals surface area contributed by atoms with Gasteiger partial charge in [-0.25, -0.2) is 13.4 Å². The highest BCUT2D eigenvalue weighted by Crippen LogP contribution is 2.30. The number of para-hydroxylation sites is 1. The fourth-order valence-corrected chi connectivity index (χ4v) is 4.55. The second-order valence-corrected chi connectivity index (χ2v) is 9.37. The Hall–Kier alpha value is -2.12. The summed E-state index contributed by atoms with van der Waals surface area (Å²) in [6, 6.07) is 12.0. The maximum absolute atomic E-state index is 11.8. The van der Waals surface area contributed by atoms with E-state index in [0.29, 0.717) is 13.1 Å². The standard InChI is InChI=1S/C20H25N3O3S/c1-15-12-16-13-23(27(2,24)25)14-19(16)21-20(15)22-10-8-18(9-11-22)26-17-6-4-3-5-7-17/h3-7,12,18H,8-11,13-14H2,1-2H3. The van der Waals surface area contributed by atoms with Crippen LogP contribution in [0.1, 0.15) is 29.7 Å². The second-order valence-electron chi connectivity index (χ2n) is 7.38. The third kappa shape index (κ3) is 3.94. The van der Waals surface area contributed by atoms with Crippen LogP contribution in [0.25, 0.3) is 0 Å². The van der Waals surface area contributed by atoms with Gasteiger partial charge in [0.25, 0.3) is 0 Å². The highest BCUT2D eigenvalue weighted by molar-refractivity contribution is 7.88. The lowest BCUT2D eigenvalue weighted by Crippen LogP contribution is -2.39. The predicted molar refractivity (Wildman–Crippen MR) is 105 cm³/mol. The number of sulfonamides is 1. The molecule has 1 fully saturated rings. The van der Waals surface area contributed by atoms with Crippen molar-refractivity contribution >= 4 is 15.8 Å². The number of aromatic nitrogens is 1. The van der Waals surface area contributed by atoms with Gasteiger partial charge in [-0.2, -0.15) is 4.31 Å². The van der Waals surface area contributed by atoms with E-state index in [4.69, 9.17) is 9.72 Å². The number of ether oxygens (including phenoxy) is 1. The van der Waals surface area contributed by atoms with Gasteiger partial charge in [0.1, 0.15) is 17.7 Å². The Bertz CT molecular complexity index is 923. The molecule has 144 valence electrons. The van der Waals surface area contributed by atoms with Crippen LogP contribution in [-0.4, -0.2) is 43.2 Å². The van der Waals surface area contributed by atoms with Crippen molar-refractivity contribution < 1.29 is 13.2 Å². The van der Waals surface area contributed by atoms with Gasteiger partial charge in [-0.15, -0.1) is 0 Å². The zero-order chi connectivity index (χ0) is 19.0. The Morgan fingerprint density at radius 2 is 1.81 bits per heavy atom. The van der Waals surface area contributed by atoms with Crippen LogP contribution in [0.15, 0.2) is 36.4 Å². The Morgan fingerprint density at radius 1 is 1.11 bits per heavy atom. The molecule has 0 unspecified atom stereocenters. The molecule has 0 amide bonds. The van der Waals surface area contributed by atoms with Crippen molar-refractivity contribution in [2.24, 2.45) is 0 Å². The molecule has 0 spiro atoms. The molecule has 1 aromatic carbocycles. The third-order valence-corrected chi connectivity index (χ3v) is 6.48. The van der Waals surface area contributed by atoms with Crippen molar-refractivity contribution in [3.05, 3.63) is 53.2 Å². The molecule has 6 nitrogen and oxygen atoms in total. The fraction of sp³-hybridized carbons (Fsp3) is 0.450. The van der Waals surface area contributed by atoms with Crippen LogP contribution in [-0.2, 0) is 23.1 Å². The fourth-order valence-electron chi connectivity index (χ4n) is 3.82. The molecule has 0 atom stereocenters. The topological polar surface area (TPSA) is 62.7 Å². The van der Waals surface area contributed by atoms with Crippen molar-refractivity contribution in [2.75, 3.05) is 24.2 Å². The summed E-state index contributed by atoms with van der Waals surface area (Å²) in [5.74, 6) is 1.89. The van der Waals surface area contributed by atoms with E-state index < -0.39 is 10.0 Å². The van der Waals surface area contributed by atoms with Gasteiger partial charge >= 0.3 is 0 Å². The lowest BCUT2D eigenvalue weighted by atomic mass is 10.1. The molecule has 2 aliphatic rings. The maximum Gasteiger partial charge on any atom is 0.211 e. The molecule has 2 aromatic rings. The van der Waals surface area contributed by atoms with E-state index >= 15 is 0 Å². The number of benzene rings is 1. The molecule has 0 radical (unpaired) electrons. The van der Waals surface area contributed by atoms with Crippen LogP contribution in [0.5, 0.6) is 5.75 Å². The van der Waals surface area contributed by atoms with Gasteiger partial charge in [0, 0.05) is 32.5 Å². The summed E-state index contributed by atoms with van der Waals surface area (Å²) in [5, 5.41) is 0. The molecule has 3 heterocycles. The minimum atomic E-state index is -3.19. The van der Waals surface area contributed by atoms with Crippen LogP contribution >= 0.6 is 0 Å². The van der Waals surface area contributed by atoms with E-state index in [9.17, 15) is 8.42 Å². The summed E-state index contributed by atoms with van der Waals surface area (Å²) in [5.41, 5.74) is 3.00. The molecule has 0 N–H and O–H groups in total. The quantitative estimate of drug-likeness (QED) is 0.807. The van der Waals surface area contributed by atoms with Crippen molar-refractivity contribution in [3.63, 3.8) is 0 Å². The molecule has 1 aromatic heterocycles. The minimum absolute atomic E-state index is 0.221. The Morgan fingerprint density at radius 3 is 2.48 bits per heavy atom. The minimum Gasteiger partial charge on any atom is -0.490 e. The Labute approximate surface area is 160 Å². The van der Waals surface area contributed by atoms with Gasteiger partial charge in [-0.1, -0.05) is 18.2 Å². The first kappa shape index (κ1) is 18.3. The number of nitrogens with zero attached hydrogens (tertiary/aromatic N) is 3. The van der Waals surface area contributed by atoms with Gasteiger partial charge < -0.3 is 9.64 Å². The summed E-state index contributed by atoms with van der Waals surface area (Å²) >= 11 is 0. The molecule has 1 saturated heterocycles. The number of anilines is 1. The largest absolute Gasteiger partial charge is 0.490 e. The van der Waals surface area contributed by atoms with Crippen molar-refractivity contribution in [1.29, 1.82) is 0 Å². The molecular weight excluding hydrogens is 362 g/mol. The van der Waals surface area contributed by atoms with Crippen molar-refractivity contribution in [2.45, 2.75) is 39.0 Å². The zero-order valence-corrected chi connectivity index (χ0v) is 16.6. The van der Waals surface area contributed by atoms with Crippen LogP contribution in [0.2, 0.25) is 0 Å². The SMILES string of the molecule is Cc1cc2c(nc1N1CCC(Oc3ccccc3)CC1)CN(S(C)(=O)=O)C2. The third-order valence-electron chi connectivity index (χ3n) is 5.28. The Kier molecular flexibility index (Phi) is 4.82. The highest BCUT2D eigenvalue weighted by Gasteiger charge is 2.29. The molecular formula is C20H25N3O3S. The summed E-state index contributed by atoms with van der Waals surface area (Å²) in [4.78, 5) is 7.12. The molecule has 0 saturated carbocycles. The van der Waals surface area contributed by atoms with Crippen LogP contribution in [0.3, 0.4) is 0 Å². The number of hydrogen-bond acceptors (Lipinski definition) is 5. The van der Waals surface area contributed by atoms with Gasteiger partial charge in [0.05, 0.1) is 18.5 Å². The molecule has 27 heavy (non-hydrogen) atoms. The number of piperidine rings is 1. The van der Waals surface area contributed by atoms with E-state index in [2.05, 4.69) is 17.9 Å². The lowest BCUT2D eigenvalue weighted by molar-refractivity contribution is 0.170. The predicted octanol–water partition coefficient (Wildman–Crippen LogP) is 2.71. The normalized spacial score (nSPS) is 18.5. The molecule has 2 aliphatic heterocycles. The first-order chi connectivity index (χ1) is 12.9. The number of fused-ring (bicyclic) bond motifs is 1. The molecule has 0 bridgehead atoms. The number of rotatable bonds is 4. The van der Waals surface area contributed by atoms with E-state index in [0.717, 1.165) is 54.3 Å². The summed E-state index contributed by atoms with van der Waals surface area (Å²) in [7, 11) is -3.19. The van der Waals surface area contributed by atoms with Crippen LogP contribution in [0.4, 0.5) is 5.82 Å². The van der Waals surface area contributed by atoms with E-state index in [-0.39, 0.29) is 6.10 Å². The van der Waals surface area contributed by atoms with E-state index in [1.165, 1.54) is 10.6 Å². The number of hydrogen-bond donors (Lipinski definition) is 0. The van der Waals surface area contributed by atoms with Crippen molar-refractivity contribution in [3.8, 4) is 5.75 Å². The van der Waals surface area contributed by atoms with E-state index in [1.807, 2.05) is 30.3 Å². The summed E-state index contributed by atoms with van der Waals surface area (Å²) in [6.07, 6.45) is 3.37. The number of pyridine rings is 1. The second kappa shape index (κ2) is 7.13. The van der Waals surface area contributed by atoms with Gasteiger partial charge in [0.2, 0.25) is 10.0 Å². The van der Waals surface area contributed by atoms with E-state index in [1.54, 1.807) is 0 Å². The van der Waals surface area contributed by atoms with Crippen LogP contribution < -0.4 is 9.64 Å². The molecule has 7 heteroatoms. The zero-order valence-electron chi connectivity index (χ0n) is 15.8. The highest BCUT2D eigenvalue weighted by atomic mass is 32.2. The first-order valence-electron chi connectivity index (χ1n) is 9.31. The van der Waals surface area contributed by atoms with Gasteiger partial charge in [-0.3, -0.25) is 0 Å². The van der Waals surface area contributed by atoms with Crippen molar-refractivity contribution in [1.82, 2.24) is 9.29 Å². The van der Waals surface area contributed by atoms with Gasteiger partial charge in [-0.05, 0) is 36.2 Å². The lowest BCUT2D eigenvalue weighted by Gasteiger charge is -2.34. The van der Waals surface area contributed by atoms with Gasteiger partial charge in [0.15, 0.2) is 0 Å². The first-order valence-corrected chi connectivity index (χ1v) is 11.2. The Balaban J connectivity index is 1.44. The summed E-state index contributed by atoms with van der Waals surface area (Å²) < 4.78 is 31.2. The maximum atomic E-state index is 11.8. The monoisotopic (exact) mass is 387 g/mol. The average molecular weight is 388 g/mol.